The van der Waals surface area contributed by atoms with E-state index in [1.165, 1.54) is 6.07 Å². The number of carbonyl (C=O) groups excluding carboxylic acids is 2. The monoisotopic (exact) mass is 355 g/mol. The lowest BCUT2D eigenvalue weighted by molar-refractivity contribution is -0.134. The van der Waals surface area contributed by atoms with Gasteiger partial charge in [0.1, 0.15) is 12.2 Å². The van der Waals surface area contributed by atoms with Gasteiger partial charge in [0, 0.05) is 31.9 Å². The highest BCUT2D eigenvalue weighted by Gasteiger charge is 2.24. The zero-order chi connectivity index (χ0) is 18.5. The molecule has 2 aromatic rings. The van der Waals surface area contributed by atoms with E-state index in [2.05, 4.69) is 5.32 Å². The third-order valence-electron chi connectivity index (χ3n) is 4.56. The average molecular weight is 355 g/mol. The first-order chi connectivity index (χ1) is 12.5. The number of nitrogens with one attached hydrogen (secondary N) is 1. The van der Waals surface area contributed by atoms with Crippen molar-refractivity contribution in [3.8, 4) is 0 Å². The minimum atomic E-state index is -0.319. The van der Waals surface area contributed by atoms with Gasteiger partial charge in [0.2, 0.25) is 11.8 Å². The van der Waals surface area contributed by atoms with Crippen LogP contribution in [0.2, 0.25) is 0 Å². The molecule has 0 atom stereocenters. The van der Waals surface area contributed by atoms with Crippen LogP contribution in [-0.4, -0.2) is 42.9 Å². The summed E-state index contributed by atoms with van der Waals surface area (Å²) in [5, 5.41) is 2.78. The van der Waals surface area contributed by atoms with E-state index in [9.17, 15) is 14.0 Å². The molecule has 6 heteroatoms. The van der Waals surface area contributed by atoms with Crippen molar-refractivity contribution in [1.29, 1.82) is 0 Å². The first-order valence-electron chi connectivity index (χ1n) is 8.67. The Hall–Kier alpha value is -2.89. The Morgan fingerprint density at radius 1 is 1.00 bits per heavy atom. The Balaban J connectivity index is 1.51. The zero-order valence-corrected chi connectivity index (χ0v) is 14.7. The van der Waals surface area contributed by atoms with Crippen LogP contribution in [0.1, 0.15) is 12.0 Å². The average Bonchev–Trinajstić information content (AvgIpc) is 2.64. The second kappa shape index (κ2) is 7.99. The van der Waals surface area contributed by atoms with Crippen molar-refractivity contribution < 1.29 is 14.0 Å². The molecule has 1 aliphatic heterocycles. The smallest absolute Gasteiger partial charge is 0.233 e. The number of halogens is 1. The normalized spacial score (nSPS) is 14.2. The first-order valence-corrected chi connectivity index (χ1v) is 8.67. The molecule has 0 spiro atoms. The molecule has 2 amide bonds. The molecular formula is C20H22FN3O2. The molecule has 1 heterocycles. The van der Waals surface area contributed by atoms with E-state index >= 15 is 0 Å². The fourth-order valence-electron chi connectivity index (χ4n) is 3.06. The quantitative estimate of drug-likeness (QED) is 0.858. The molecule has 0 saturated carbocycles. The summed E-state index contributed by atoms with van der Waals surface area (Å²) < 4.78 is 13.9. The van der Waals surface area contributed by atoms with Crippen molar-refractivity contribution in [3.05, 3.63) is 59.9 Å². The highest BCUT2D eigenvalue weighted by Crippen LogP contribution is 2.20. The van der Waals surface area contributed by atoms with Crippen LogP contribution in [0.5, 0.6) is 0 Å². The van der Waals surface area contributed by atoms with Gasteiger partial charge in [-0.15, -0.1) is 0 Å². The standard InChI is InChI=1S/C20H22FN3O2/c1-15-6-2-4-8-17(15)22-19(25)14-20(26)24-12-10-23(11-13-24)18-9-5-3-7-16(18)21/h2-9H,10-14H2,1H3,(H,22,25). The van der Waals surface area contributed by atoms with Crippen LogP contribution in [0.3, 0.4) is 0 Å². The summed E-state index contributed by atoms with van der Waals surface area (Å²) in [6.45, 7) is 3.95. The number of carbonyl (C=O) groups is 2. The molecule has 0 radical (unpaired) electrons. The summed E-state index contributed by atoms with van der Waals surface area (Å²) >= 11 is 0. The van der Waals surface area contributed by atoms with Gasteiger partial charge < -0.3 is 15.1 Å². The van der Waals surface area contributed by atoms with Crippen LogP contribution >= 0.6 is 0 Å². The first kappa shape index (κ1) is 17.9. The fourth-order valence-corrected chi connectivity index (χ4v) is 3.06. The van der Waals surface area contributed by atoms with Crippen LogP contribution < -0.4 is 10.2 Å². The molecule has 1 N–H and O–H groups in total. The fraction of sp³-hybridized carbons (Fsp3) is 0.300. The van der Waals surface area contributed by atoms with Gasteiger partial charge in [0.15, 0.2) is 0 Å². The molecule has 2 aromatic carbocycles. The van der Waals surface area contributed by atoms with Crippen molar-refractivity contribution in [2.24, 2.45) is 0 Å². The Bertz CT molecular complexity index is 801. The van der Waals surface area contributed by atoms with Crippen LogP contribution in [0.15, 0.2) is 48.5 Å². The predicted octanol–water partition coefficient (Wildman–Crippen LogP) is 2.81. The van der Waals surface area contributed by atoms with Crippen LogP contribution in [0.25, 0.3) is 0 Å². The predicted molar refractivity (Wildman–Crippen MR) is 99.6 cm³/mol. The molecule has 136 valence electrons. The highest BCUT2D eigenvalue weighted by molar-refractivity contribution is 6.03. The maximum atomic E-state index is 13.9. The molecular weight excluding hydrogens is 333 g/mol. The van der Waals surface area contributed by atoms with E-state index in [0.29, 0.717) is 31.9 Å². The van der Waals surface area contributed by atoms with Crippen LogP contribution in [0.4, 0.5) is 15.8 Å². The van der Waals surface area contributed by atoms with Crippen LogP contribution in [0, 0.1) is 12.7 Å². The topological polar surface area (TPSA) is 52.7 Å². The summed E-state index contributed by atoms with van der Waals surface area (Å²) in [5.41, 5.74) is 2.22. The molecule has 1 aliphatic rings. The van der Waals surface area contributed by atoms with E-state index in [1.54, 1.807) is 23.1 Å². The van der Waals surface area contributed by atoms with Gasteiger partial charge in [0.25, 0.3) is 0 Å². The number of para-hydroxylation sites is 2. The van der Waals surface area contributed by atoms with E-state index in [-0.39, 0.29) is 24.1 Å². The molecule has 1 fully saturated rings. The lowest BCUT2D eigenvalue weighted by atomic mass is 10.2. The summed E-state index contributed by atoms with van der Waals surface area (Å²) in [6, 6.07) is 14.1. The number of rotatable bonds is 4. The Labute approximate surface area is 152 Å². The molecule has 0 aromatic heterocycles. The summed E-state index contributed by atoms with van der Waals surface area (Å²) in [6.07, 6.45) is -0.186. The number of aryl methyl sites for hydroxylation is 1. The summed E-state index contributed by atoms with van der Waals surface area (Å²) in [7, 11) is 0. The van der Waals surface area contributed by atoms with Crippen molar-refractivity contribution in [2.75, 3.05) is 36.4 Å². The number of hydrogen-bond donors (Lipinski definition) is 1. The van der Waals surface area contributed by atoms with Gasteiger partial charge in [0.05, 0.1) is 5.69 Å². The number of hydrogen-bond acceptors (Lipinski definition) is 3. The lowest BCUT2D eigenvalue weighted by Crippen LogP contribution is -2.49. The lowest BCUT2D eigenvalue weighted by Gasteiger charge is -2.36. The second-order valence-corrected chi connectivity index (χ2v) is 6.36. The van der Waals surface area contributed by atoms with Crippen molar-refractivity contribution in [1.82, 2.24) is 4.90 Å². The highest BCUT2D eigenvalue weighted by atomic mass is 19.1. The molecule has 5 nitrogen and oxygen atoms in total. The van der Waals surface area contributed by atoms with E-state index in [4.69, 9.17) is 0 Å². The Kier molecular flexibility index (Phi) is 5.51. The Morgan fingerprint density at radius 3 is 2.35 bits per heavy atom. The van der Waals surface area contributed by atoms with E-state index < -0.39 is 0 Å². The van der Waals surface area contributed by atoms with Gasteiger partial charge in [-0.05, 0) is 30.7 Å². The van der Waals surface area contributed by atoms with Gasteiger partial charge in [-0.2, -0.15) is 0 Å². The molecule has 1 saturated heterocycles. The molecule has 0 aliphatic carbocycles. The molecule has 0 unspecified atom stereocenters. The third-order valence-corrected chi connectivity index (χ3v) is 4.56. The van der Waals surface area contributed by atoms with Gasteiger partial charge in [-0.1, -0.05) is 30.3 Å². The second-order valence-electron chi connectivity index (χ2n) is 6.36. The van der Waals surface area contributed by atoms with Crippen molar-refractivity contribution in [2.45, 2.75) is 13.3 Å². The number of anilines is 2. The number of amides is 2. The summed E-state index contributed by atoms with van der Waals surface area (Å²) in [5.74, 6) is -0.782. The largest absolute Gasteiger partial charge is 0.366 e. The van der Waals surface area contributed by atoms with Gasteiger partial charge in [-0.25, -0.2) is 4.39 Å². The molecule has 26 heavy (non-hydrogen) atoms. The number of benzene rings is 2. The van der Waals surface area contributed by atoms with Crippen molar-refractivity contribution >= 4 is 23.2 Å². The maximum Gasteiger partial charge on any atom is 0.233 e. The third kappa shape index (κ3) is 4.20. The van der Waals surface area contributed by atoms with E-state index in [0.717, 1.165) is 11.3 Å². The zero-order valence-electron chi connectivity index (χ0n) is 14.7. The molecule has 3 rings (SSSR count). The van der Waals surface area contributed by atoms with Crippen molar-refractivity contribution in [3.63, 3.8) is 0 Å². The minimum Gasteiger partial charge on any atom is -0.366 e. The minimum absolute atomic E-state index is 0.186. The number of piperazine rings is 1. The van der Waals surface area contributed by atoms with E-state index in [1.807, 2.05) is 36.1 Å². The maximum absolute atomic E-state index is 13.9. The Morgan fingerprint density at radius 2 is 1.65 bits per heavy atom. The van der Waals surface area contributed by atoms with Gasteiger partial charge in [-0.3, -0.25) is 9.59 Å². The summed E-state index contributed by atoms with van der Waals surface area (Å²) in [4.78, 5) is 28.1. The SMILES string of the molecule is Cc1ccccc1NC(=O)CC(=O)N1CCN(c2ccccc2F)CC1. The molecule has 0 bridgehead atoms. The van der Waals surface area contributed by atoms with Gasteiger partial charge >= 0.3 is 0 Å². The number of nitrogens with zero attached hydrogens (tertiary/aromatic N) is 2. The van der Waals surface area contributed by atoms with Crippen LogP contribution in [-0.2, 0) is 9.59 Å².